The fraction of sp³-hybridized carbons (Fsp3) is 0.444. The van der Waals surface area contributed by atoms with Crippen LogP contribution < -0.4 is 14.8 Å². The summed E-state index contributed by atoms with van der Waals surface area (Å²) in [5.74, 6) is 1.16. The van der Waals surface area contributed by atoms with E-state index < -0.39 is 6.04 Å². The standard InChI is InChI=1S/C18H23N3O4/c1-10(2)21-9-14-15(17(21)22)16(19-18(23)20(14)3)11-6-12(24-4)8-13(7-11)25-5/h6-8,10,16H,9H2,1-5H3,(H,19,23)/t16-/m1/s1. The Morgan fingerprint density at radius 2 is 1.72 bits per heavy atom. The van der Waals surface area contributed by atoms with E-state index in [-0.39, 0.29) is 18.0 Å². The molecule has 25 heavy (non-hydrogen) atoms. The summed E-state index contributed by atoms with van der Waals surface area (Å²) in [6.45, 7) is 4.37. The van der Waals surface area contributed by atoms with Gasteiger partial charge in [0.05, 0.1) is 38.1 Å². The van der Waals surface area contributed by atoms with Gasteiger partial charge in [0, 0.05) is 19.2 Å². The van der Waals surface area contributed by atoms with E-state index in [4.69, 9.17) is 9.47 Å². The maximum absolute atomic E-state index is 13.0. The van der Waals surface area contributed by atoms with Crippen LogP contribution in [0.3, 0.4) is 0 Å². The molecule has 0 bridgehead atoms. The van der Waals surface area contributed by atoms with E-state index in [0.717, 1.165) is 11.3 Å². The van der Waals surface area contributed by atoms with Gasteiger partial charge in [-0.25, -0.2) is 4.79 Å². The van der Waals surface area contributed by atoms with Gasteiger partial charge in [0.25, 0.3) is 5.91 Å². The Bertz CT molecular complexity index is 734. The molecule has 0 aliphatic carbocycles. The molecule has 0 spiro atoms. The second-order valence-electron chi connectivity index (χ2n) is 6.47. The van der Waals surface area contributed by atoms with Crippen molar-refractivity contribution in [2.75, 3.05) is 27.8 Å². The minimum atomic E-state index is -0.529. The highest BCUT2D eigenvalue weighted by atomic mass is 16.5. The van der Waals surface area contributed by atoms with E-state index in [2.05, 4.69) is 5.32 Å². The Balaban J connectivity index is 2.10. The zero-order valence-electron chi connectivity index (χ0n) is 15.1. The molecule has 0 aromatic heterocycles. The number of amides is 3. The summed E-state index contributed by atoms with van der Waals surface area (Å²) in [5.41, 5.74) is 2.10. The molecule has 134 valence electrons. The largest absolute Gasteiger partial charge is 0.497 e. The number of benzene rings is 1. The summed E-state index contributed by atoms with van der Waals surface area (Å²) in [6, 6.07) is 4.68. The third-order valence-corrected chi connectivity index (χ3v) is 4.72. The van der Waals surface area contributed by atoms with Crippen LogP contribution in [0.2, 0.25) is 0 Å². The van der Waals surface area contributed by atoms with Crippen molar-refractivity contribution < 1.29 is 19.1 Å². The molecular weight excluding hydrogens is 322 g/mol. The minimum Gasteiger partial charge on any atom is -0.497 e. The molecule has 1 aromatic rings. The summed E-state index contributed by atoms with van der Waals surface area (Å²) in [4.78, 5) is 28.6. The Kier molecular flexibility index (Phi) is 4.32. The molecule has 0 saturated carbocycles. The molecule has 1 N–H and O–H groups in total. The predicted octanol–water partition coefficient (Wildman–Crippen LogP) is 1.90. The summed E-state index contributed by atoms with van der Waals surface area (Å²) in [6.07, 6.45) is 0. The molecule has 0 radical (unpaired) electrons. The Morgan fingerprint density at radius 1 is 1.12 bits per heavy atom. The second kappa shape index (κ2) is 6.31. The van der Waals surface area contributed by atoms with Gasteiger partial charge in [-0.1, -0.05) is 0 Å². The van der Waals surface area contributed by atoms with E-state index >= 15 is 0 Å². The van der Waals surface area contributed by atoms with Crippen LogP contribution in [0, 0.1) is 0 Å². The van der Waals surface area contributed by atoms with Crippen molar-refractivity contribution in [2.45, 2.75) is 25.9 Å². The molecule has 7 heteroatoms. The van der Waals surface area contributed by atoms with Crippen LogP contribution in [0.1, 0.15) is 25.5 Å². The monoisotopic (exact) mass is 345 g/mol. The summed E-state index contributed by atoms with van der Waals surface area (Å²) in [7, 11) is 4.82. The number of carbonyl (C=O) groups is 2. The smallest absolute Gasteiger partial charge is 0.322 e. The van der Waals surface area contributed by atoms with Gasteiger partial charge < -0.3 is 19.7 Å². The maximum atomic E-state index is 13.0. The lowest BCUT2D eigenvalue weighted by atomic mass is 9.95. The van der Waals surface area contributed by atoms with Gasteiger partial charge in [0.2, 0.25) is 0 Å². The number of likely N-dealkylation sites (N-methyl/N-ethyl adjacent to an activating group) is 1. The molecule has 3 amide bonds. The molecule has 0 unspecified atom stereocenters. The number of hydrogen-bond donors (Lipinski definition) is 1. The second-order valence-corrected chi connectivity index (χ2v) is 6.47. The van der Waals surface area contributed by atoms with Gasteiger partial charge in [0.15, 0.2) is 0 Å². The summed E-state index contributed by atoms with van der Waals surface area (Å²) in [5, 5.41) is 2.92. The quantitative estimate of drug-likeness (QED) is 0.905. The highest BCUT2D eigenvalue weighted by molar-refractivity contribution is 6.01. The minimum absolute atomic E-state index is 0.0522. The number of ether oxygens (including phenoxy) is 2. The van der Waals surface area contributed by atoms with E-state index in [1.165, 1.54) is 4.90 Å². The first-order valence-electron chi connectivity index (χ1n) is 8.18. The van der Waals surface area contributed by atoms with Crippen molar-refractivity contribution in [2.24, 2.45) is 0 Å². The fourth-order valence-corrected chi connectivity index (χ4v) is 3.25. The van der Waals surface area contributed by atoms with Crippen LogP contribution in [0.5, 0.6) is 11.5 Å². The van der Waals surface area contributed by atoms with Crippen LogP contribution in [0.25, 0.3) is 0 Å². The van der Waals surface area contributed by atoms with Crippen molar-refractivity contribution in [1.29, 1.82) is 0 Å². The highest BCUT2D eigenvalue weighted by Gasteiger charge is 2.43. The van der Waals surface area contributed by atoms with Crippen molar-refractivity contribution in [3.8, 4) is 11.5 Å². The molecule has 0 saturated heterocycles. The number of nitrogens with zero attached hydrogens (tertiary/aromatic N) is 2. The first-order valence-corrected chi connectivity index (χ1v) is 8.18. The van der Waals surface area contributed by atoms with Crippen molar-refractivity contribution >= 4 is 11.9 Å². The van der Waals surface area contributed by atoms with Crippen molar-refractivity contribution in [1.82, 2.24) is 15.1 Å². The molecule has 2 aliphatic rings. The van der Waals surface area contributed by atoms with Crippen LogP contribution in [0.4, 0.5) is 4.79 Å². The maximum Gasteiger partial charge on any atom is 0.322 e. The molecule has 2 aliphatic heterocycles. The lowest BCUT2D eigenvalue weighted by Crippen LogP contribution is -2.45. The molecule has 7 nitrogen and oxygen atoms in total. The average molecular weight is 345 g/mol. The SMILES string of the molecule is COc1cc(OC)cc([C@H]2NC(=O)N(C)C3=C2C(=O)N(C(C)C)C3)c1. The van der Waals surface area contributed by atoms with Gasteiger partial charge in [-0.2, -0.15) is 0 Å². The van der Waals surface area contributed by atoms with Gasteiger partial charge >= 0.3 is 6.03 Å². The predicted molar refractivity (Wildman–Crippen MR) is 92.5 cm³/mol. The van der Waals surface area contributed by atoms with E-state index in [1.807, 2.05) is 26.0 Å². The summed E-state index contributed by atoms with van der Waals surface area (Å²) >= 11 is 0. The average Bonchev–Trinajstić information content (AvgIpc) is 2.95. The molecule has 1 aromatic carbocycles. The van der Waals surface area contributed by atoms with Crippen LogP contribution in [-0.4, -0.2) is 55.6 Å². The van der Waals surface area contributed by atoms with Crippen LogP contribution in [-0.2, 0) is 4.79 Å². The number of nitrogens with one attached hydrogen (secondary N) is 1. The molecule has 2 heterocycles. The fourth-order valence-electron chi connectivity index (χ4n) is 3.25. The number of urea groups is 1. The molecule has 1 atom stereocenters. The third kappa shape index (κ3) is 2.79. The molecule has 3 rings (SSSR count). The van der Waals surface area contributed by atoms with Gasteiger partial charge in [-0.05, 0) is 31.5 Å². The van der Waals surface area contributed by atoms with Crippen molar-refractivity contribution in [3.05, 3.63) is 35.0 Å². The zero-order chi connectivity index (χ0) is 18.3. The number of hydrogen-bond acceptors (Lipinski definition) is 4. The van der Waals surface area contributed by atoms with Gasteiger partial charge in [-0.3, -0.25) is 9.69 Å². The molecular formula is C18H23N3O4. The Morgan fingerprint density at radius 3 is 2.24 bits per heavy atom. The van der Waals surface area contributed by atoms with E-state index in [0.29, 0.717) is 23.6 Å². The Labute approximate surface area is 147 Å². The lowest BCUT2D eigenvalue weighted by molar-refractivity contribution is -0.127. The van der Waals surface area contributed by atoms with Crippen molar-refractivity contribution in [3.63, 3.8) is 0 Å². The number of methoxy groups -OCH3 is 2. The lowest BCUT2D eigenvalue weighted by Gasteiger charge is -2.31. The topological polar surface area (TPSA) is 71.1 Å². The number of carbonyl (C=O) groups excluding carboxylic acids is 2. The first-order chi connectivity index (χ1) is 11.9. The van der Waals surface area contributed by atoms with E-state index in [1.54, 1.807) is 32.2 Å². The number of rotatable bonds is 4. The third-order valence-electron chi connectivity index (χ3n) is 4.72. The molecule has 0 fully saturated rings. The normalized spacial score (nSPS) is 20.2. The van der Waals surface area contributed by atoms with Crippen LogP contribution >= 0.6 is 0 Å². The highest BCUT2D eigenvalue weighted by Crippen LogP contribution is 2.38. The Hall–Kier alpha value is -2.70. The van der Waals surface area contributed by atoms with E-state index in [9.17, 15) is 9.59 Å². The first kappa shape index (κ1) is 17.1. The summed E-state index contributed by atoms with van der Waals surface area (Å²) < 4.78 is 10.6. The zero-order valence-corrected chi connectivity index (χ0v) is 15.1. The van der Waals surface area contributed by atoms with Gasteiger partial charge in [0.1, 0.15) is 11.5 Å². The van der Waals surface area contributed by atoms with Gasteiger partial charge in [-0.15, -0.1) is 0 Å². The van der Waals surface area contributed by atoms with Crippen LogP contribution in [0.15, 0.2) is 29.5 Å².